The molecule has 2 fully saturated rings. The summed E-state index contributed by atoms with van der Waals surface area (Å²) in [5, 5.41) is 19.9. The van der Waals surface area contributed by atoms with Gasteiger partial charge in [-0.25, -0.2) is 0 Å². The molecule has 2 heterocycles. The van der Waals surface area contributed by atoms with Crippen LogP contribution in [-0.2, 0) is 23.8 Å². The topological polar surface area (TPSA) is 102 Å². The fourth-order valence-corrected chi connectivity index (χ4v) is 3.12. The lowest BCUT2D eigenvalue weighted by Gasteiger charge is -2.30. The van der Waals surface area contributed by atoms with Crippen molar-refractivity contribution in [1.82, 2.24) is 0 Å². The fourth-order valence-electron chi connectivity index (χ4n) is 3.12. The Morgan fingerprint density at radius 3 is 1.61 bits per heavy atom. The van der Waals surface area contributed by atoms with Crippen molar-refractivity contribution in [2.75, 3.05) is 13.2 Å². The smallest absolute Gasteiger partial charge is 0.312 e. The molecule has 2 bridgehead atoms. The summed E-state index contributed by atoms with van der Waals surface area (Å²) in [6.07, 6.45) is -1.02. The Morgan fingerprint density at radius 1 is 0.870 bits per heavy atom. The molecule has 23 heavy (non-hydrogen) atoms. The SMILES string of the molecule is CCCCOC(=O)C1C2O[C@@H](C1C(=O)OCCCC)[C@@H](O)C2O. The average Bonchev–Trinajstić information content (AvgIpc) is 3.05. The molecular formula is C16H26O7. The van der Waals surface area contributed by atoms with Gasteiger partial charge in [-0.2, -0.15) is 0 Å². The van der Waals surface area contributed by atoms with Gasteiger partial charge >= 0.3 is 11.9 Å². The van der Waals surface area contributed by atoms with Crippen molar-refractivity contribution in [3.05, 3.63) is 0 Å². The molecule has 0 spiro atoms. The van der Waals surface area contributed by atoms with E-state index in [1.54, 1.807) is 0 Å². The van der Waals surface area contributed by atoms with Crippen LogP contribution in [0.25, 0.3) is 0 Å². The zero-order valence-electron chi connectivity index (χ0n) is 13.6. The maximum atomic E-state index is 12.3. The third kappa shape index (κ3) is 3.67. The van der Waals surface area contributed by atoms with E-state index in [-0.39, 0.29) is 13.2 Å². The summed E-state index contributed by atoms with van der Waals surface area (Å²) in [7, 11) is 0. The number of unbranched alkanes of at least 4 members (excludes halogenated alkanes) is 2. The average molecular weight is 330 g/mol. The molecule has 2 aliphatic rings. The van der Waals surface area contributed by atoms with Gasteiger partial charge in [0.1, 0.15) is 36.3 Å². The highest BCUT2D eigenvalue weighted by atomic mass is 16.6. The molecule has 0 saturated carbocycles. The van der Waals surface area contributed by atoms with Crippen LogP contribution in [-0.4, -0.2) is 59.8 Å². The van der Waals surface area contributed by atoms with Crippen molar-refractivity contribution in [3.63, 3.8) is 0 Å². The number of aliphatic hydroxyl groups excluding tert-OH is 2. The van der Waals surface area contributed by atoms with Gasteiger partial charge in [-0.15, -0.1) is 0 Å². The van der Waals surface area contributed by atoms with Crippen LogP contribution < -0.4 is 0 Å². The van der Waals surface area contributed by atoms with Gasteiger partial charge in [0.25, 0.3) is 0 Å². The Hall–Kier alpha value is -1.18. The number of hydrogen-bond donors (Lipinski definition) is 2. The zero-order valence-corrected chi connectivity index (χ0v) is 13.6. The monoisotopic (exact) mass is 330 g/mol. The summed E-state index contributed by atoms with van der Waals surface area (Å²) in [6.45, 7) is 4.48. The number of rotatable bonds is 8. The molecule has 0 aromatic carbocycles. The van der Waals surface area contributed by atoms with Gasteiger partial charge in [-0.3, -0.25) is 9.59 Å². The first-order valence-electron chi connectivity index (χ1n) is 8.37. The van der Waals surface area contributed by atoms with Gasteiger partial charge < -0.3 is 24.4 Å². The summed E-state index contributed by atoms with van der Waals surface area (Å²) in [4.78, 5) is 24.6. The molecule has 2 N–H and O–H groups in total. The first-order chi connectivity index (χ1) is 11.0. The number of fused-ring (bicyclic) bond motifs is 2. The lowest BCUT2D eigenvalue weighted by atomic mass is 9.76. The highest BCUT2D eigenvalue weighted by Gasteiger charge is 2.64. The van der Waals surface area contributed by atoms with E-state index in [0.717, 1.165) is 25.7 Å². The lowest BCUT2D eigenvalue weighted by molar-refractivity contribution is -0.166. The first-order valence-corrected chi connectivity index (χ1v) is 8.37. The predicted molar refractivity (Wildman–Crippen MR) is 79.4 cm³/mol. The second-order valence-electron chi connectivity index (χ2n) is 6.14. The van der Waals surface area contributed by atoms with Crippen LogP contribution in [0.2, 0.25) is 0 Å². The van der Waals surface area contributed by atoms with Crippen molar-refractivity contribution >= 4 is 11.9 Å². The quantitative estimate of drug-likeness (QED) is 0.491. The molecule has 0 aromatic heterocycles. The number of carbonyl (C=O) groups excluding carboxylic acids is 2. The van der Waals surface area contributed by atoms with Crippen LogP contribution in [0.3, 0.4) is 0 Å². The van der Waals surface area contributed by atoms with E-state index in [1.807, 2.05) is 13.8 Å². The number of carbonyl (C=O) groups is 2. The van der Waals surface area contributed by atoms with E-state index in [1.165, 1.54) is 0 Å². The molecule has 0 amide bonds. The molecule has 0 aromatic rings. The van der Waals surface area contributed by atoms with E-state index < -0.39 is 48.2 Å². The van der Waals surface area contributed by atoms with Crippen molar-refractivity contribution in [1.29, 1.82) is 0 Å². The van der Waals surface area contributed by atoms with Gasteiger partial charge in [0, 0.05) is 0 Å². The summed E-state index contributed by atoms with van der Waals surface area (Å²) in [5.41, 5.74) is 0. The molecule has 2 rings (SSSR count). The highest BCUT2D eigenvalue weighted by molar-refractivity contribution is 5.84. The van der Waals surface area contributed by atoms with Crippen LogP contribution in [0.5, 0.6) is 0 Å². The van der Waals surface area contributed by atoms with Crippen molar-refractivity contribution < 1.29 is 34.0 Å². The summed E-state index contributed by atoms with van der Waals surface area (Å²) >= 11 is 0. The maximum Gasteiger partial charge on any atom is 0.312 e. The number of ether oxygens (including phenoxy) is 3. The van der Waals surface area contributed by atoms with E-state index >= 15 is 0 Å². The molecule has 0 radical (unpaired) electrons. The summed E-state index contributed by atoms with van der Waals surface area (Å²) in [5.74, 6) is -3.00. The Labute approximate surface area is 135 Å². The molecule has 6 atom stereocenters. The predicted octanol–water partition coefficient (Wildman–Crippen LogP) is 0.408. The van der Waals surface area contributed by atoms with Crippen molar-refractivity contribution in [2.24, 2.45) is 11.8 Å². The Morgan fingerprint density at radius 2 is 1.26 bits per heavy atom. The molecule has 132 valence electrons. The molecule has 4 unspecified atom stereocenters. The minimum atomic E-state index is -1.19. The van der Waals surface area contributed by atoms with Crippen molar-refractivity contribution in [3.8, 4) is 0 Å². The van der Waals surface area contributed by atoms with E-state index in [2.05, 4.69) is 0 Å². The van der Waals surface area contributed by atoms with E-state index in [4.69, 9.17) is 14.2 Å². The van der Waals surface area contributed by atoms with Crippen LogP contribution in [0.4, 0.5) is 0 Å². The van der Waals surface area contributed by atoms with Crippen molar-refractivity contribution in [2.45, 2.75) is 63.9 Å². The number of hydrogen-bond acceptors (Lipinski definition) is 7. The lowest BCUT2D eigenvalue weighted by Crippen LogP contribution is -2.52. The minimum absolute atomic E-state index is 0.263. The third-order valence-electron chi connectivity index (χ3n) is 4.46. The van der Waals surface area contributed by atoms with Gasteiger partial charge in [0.15, 0.2) is 0 Å². The van der Waals surface area contributed by atoms with Gasteiger partial charge in [-0.05, 0) is 12.8 Å². The van der Waals surface area contributed by atoms with Gasteiger partial charge in [-0.1, -0.05) is 26.7 Å². The summed E-state index contributed by atoms with van der Waals surface area (Å²) in [6, 6.07) is 0. The van der Waals surface area contributed by atoms with Gasteiger partial charge in [0.2, 0.25) is 0 Å². The summed E-state index contributed by atoms with van der Waals surface area (Å²) < 4.78 is 15.9. The fraction of sp³-hybridized carbons (Fsp3) is 0.875. The molecule has 0 aliphatic carbocycles. The highest BCUT2D eigenvalue weighted by Crippen LogP contribution is 2.45. The third-order valence-corrected chi connectivity index (χ3v) is 4.46. The number of esters is 2. The molecular weight excluding hydrogens is 304 g/mol. The van der Waals surface area contributed by atoms with Gasteiger partial charge in [0.05, 0.1) is 13.2 Å². The minimum Gasteiger partial charge on any atom is -0.465 e. The Balaban J connectivity index is 2.06. The van der Waals surface area contributed by atoms with E-state index in [0.29, 0.717) is 0 Å². The number of aliphatic hydroxyl groups is 2. The normalized spacial score (nSPS) is 35.3. The van der Waals surface area contributed by atoms with Crippen LogP contribution in [0.1, 0.15) is 39.5 Å². The molecule has 7 heteroatoms. The zero-order chi connectivity index (χ0) is 17.0. The maximum absolute atomic E-state index is 12.3. The van der Waals surface area contributed by atoms with Crippen LogP contribution >= 0.6 is 0 Å². The standard InChI is InChI=1S/C16H26O7/c1-3-5-7-21-15(19)9-10(16(20)22-8-6-4-2)14-12(18)11(17)13(9)23-14/h9-14,17-18H,3-8H2,1-2H3/t9?,10?,11-,12?,13-,14?/m0/s1. The van der Waals surface area contributed by atoms with Crippen LogP contribution in [0.15, 0.2) is 0 Å². The first kappa shape index (κ1) is 18.2. The molecule has 2 aliphatic heterocycles. The van der Waals surface area contributed by atoms with Crippen LogP contribution in [0, 0.1) is 11.8 Å². The second-order valence-corrected chi connectivity index (χ2v) is 6.14. The Kier molecular flexibility index (Phi) is 6.38. The van der Waals surface area contributed by atoms with E-state index in [9.17, 15) is 19.8 Å². The molecule has 7 nitrogen and oxygen atoms in total. The second kappa shape index (κ2) is 8.08. The largest absolute Gasteiger partial charge is 0.465 e. The Bertz CT molecular complexity index is 387. The molecule has 2 saturated heterocycles.